The second-order valence-corrected chi connectivity index (χ2v) is 5.22. The number of benzene rings is 1. The van der Waals surface area contributed by atoms with E-state index in [1.165, 1.54) is 18.7 Å². The van der Waals surface area contributed by atoms with Gasteiger partial charge in [-0.05, 0) is 43.3 Å². The maximum absolute atomic E-state index is 10.7. The van der Waals surface area contributed by atoms with Crippen molar-refractivity contribution in [2.24, 2.45) is 9.98 Å². The number of carbonyl (C=O) groups excluding carboxylic acids is 1. The molecule has 1 N–H and O–H groups in total. The monoisotopic (exact) mass is 281 g/mol. The van der Waals surface area contributed by atoms with Gasteiger partial charge in [0.2, 0.25) is 0 Å². The Morgan fingerprint density at radius 2 is 2.28 bits per heavy atom. The van der Waals surface area contributed by atoms with Crippen LogP contribution in [0.3, 0.4) is 0 Å². The fraction of sp³-hybridized carbons (Fsp3) is 0.250. The Morgan fingerprint density at radius 1 is 1.56 bits per heavy atom. The molecule has 0 saturated heterocycles. The Bertz CT molecular complexity index is 554. The maximum atomic E-state index is 10.7. The minimum Gasteiger partial charge on any atom is -0.334 e. The summed E-state index contributed by atoms with van der Waals surface area (Å²) in [5.74, 6) is 0.0328. The van der Waals surface area contributed by atoms with Crippen LogP contribution in [0.4, 0.5) is 5.69 Å². The van der Waals surface area contributed by atoms with E-state index in [9.17, 15) is 4.79 Å². The summed E-state index contributed by atoms with van der Waals surface area (Å²) < 4.78 is 0. The number of anilines is 1. The van der Waals surface area contributed by atoms with E-state index in [1.807, 2.05) is 25.1 Å². The number of amidine groups is 2. The molecule has 1 aliphatic rings. The van der Waals surface area contributed by atoms with Crippen LogP contribution in [-0.2, 0) is 4.79 Å². The van der Waals surface area contributed by atoms with Crippen LogP contribution in [0.15, 0.2) is 28.2 Å². The smallest absolute Gasteiger partial charge is 0.193 e. The van der Waals surface area contributed by atoms with Crippen molar-refractivity contribution in [3.63, 3.8) is 0 Å². The lowest BCUT2D eigenvalue weighted by Crippen LogP contribution is -2.20. The third kappa shape index (κ3) is 3.11. The van der Waals surface area contributed by atoms with Gasteiger partial charge >= 0.3 is 0 Å². The minimum absolute atomic E-state index is 0.0328. The van der Waals surface area contributed by atoms with E-state index in [0.29, 0.717) is 5.17 Å². The van der Waals surface area contributed by atoms with E-state index in [-0.39, 0.29) is 12.3 Å². The van der Waals surface area contributed by atoms with E-state index in [4.69, 9.17) is 11.6 Å². The van der Waals surface area contributed by atoms with Gasteiger partial charge in [0, 0.05) is 10.7 Å². The highest BCUT2D eigenvalue weighted by molar-refractivity contribution is 8.29. The largest absolute Gasteiger partial charge is 0.334 e. The molecular formula is C12H12ClN3OS. The molecular weight excluding hydrogens is 270 g/mol. The first kappa shape index (κ1) is 13.1. The van der Waals surface area contributed by atoms with Gasteiger partial charge in [-0.15, -0.1) is 0 Å². The zero-order chi connectivity index (χ0) is 13.1. The van der Waals surface area contributed by atoms with Crippen molar-refractivity contribution in [1.82, 2.24) is 0 Å². The normalized spacial score (nSPS) is 16.2. The molecule has 6 heteroatoms. The fourth-order valence-corrected chi connectivity index (χ4v) is 2.11. The summed E-state index contributed by atoms with van der Waals surface area (Å²) in [4.78, 5) is 19.0. The Labute approximate surface area is 115 Å². The van der Waals surface area contributed by atoms with E-state index in [2.05, 4.69) is 15.3 Å². The van der Waals surface area contributed by atoms with Crippen LogP contribution in [0.25, 0.3) is 0 Å². The summed E-state index contributed by atoms with van der Waals surface area (Å²) in [6.45, 7) is 3.64. The summed E-state index contributed by atoms with van der Waals surface area (Å²) in [5, 5.41) is 5.28. The van der Waals surface area contributed by atoms with Crippen molar-refractivity contribution in [3.05, 3.63) is 28.8 Å². The molecule has 0 aliphatic carbocycles. The maximum Gasteiger partial charge on any atom is 0.193 e. The number of hydrogen-bond donors (Lipinski definition) is 1. The summed E-state index contributed by atoms with van der Waals surface area (Å²) in [6.07, 6.45) is 0. The lowest BCUT2D eigenvalue weighted by Gasteiger charge is -2.17. The first-order chi connectivity index (χ1) is 8.56. The number of Topliss-reactive ketones (excluding diaryl/α,β-unsaturated/α-hetero) is 1. The molecule has 4 nitrogen and oxygen atoms in total. The van der Waals surface area contributed by atoms with Crippen molar-refractivity contribution in [3.8, 4) is 0 Å². The summed E-state index contributed by atoms with van der Waals surface area (Å²) in [5.41, 5.74) is 1.91. The number of aliphatic imine (C=N–C) groups is 2. The van der Waals surface area contributed by atoms with Crippen LogP contribution >= 0.6 is 23.4 Å². The fourth-order valence-electron chi connectivity index (χ4n) is 1.34. The van der Waals surface area contributed by atoms with Gasteiger partial charge in [-0.2, -0.15) is 4.99 Å². The molecule has 1 aromatic carbocycles. The van der Waals surface area contributed by atoms with Crippen molar-refractivity contribution >= 4 is 45.2 Å². The highest BCUT2D eigenvalue weighted by atomic mass is 35.5. The Hall–Kier alpha value is -1.33. The number of ketones is 1. The van der Waals surface area contributed by atoms with E-state index < -0.39 is 0 Å². The molecule has 0 amide bonds. The molecule has 0 bridgehead atoms. The van der Waals surface area contributed by atoms with Crippen LogP contribution in [-0.4, -0.2) is 22.7 Å². The molecule has 94 valence electrons. The number of hydrogen-bond acceptors (Lipinski definition) is 4. The van der Waals surface area contributed by atoms with Crippen LogP contribution < -0.4 is 5.32 Å². The van der Waals surface area contributed by atoms with Gasteiger partial charge in [0.15, 0.2) is 16.1 Å². The zero-order valence-corrected chi connectivity index (χ0v) is 11.6. The number of rotatable bonds is 3. The molecule has 1 aromatic rings. The molecule has 2 rings (SSSR count). The first-order valence-corrected chi connectivity index (χ1v) is 6.58. The first-order valence-electron chi connectivity index (χ1n) is 5.39. The number of halogens is 1. The summed E-state index contributed by atoms with van der Waals surface area (Å²) >= 11 is 7.44. The second kappa shape index (κ2) is 5.54. The van der Waals surface area contributed by atoms with Crippen LogP contribution in [0.5, 0.6) is 0 Å². The minimum atomic E-state index is 0.0328. The quantitative estimate of drug-likeness (QED) is 0.926. The highest BCUT2D eigenvalue weighted by Crippen LogP contribution is 2.27. The Balaban J connectivity index is 2.01. The predicted molar refractivity (Wildman–Crippen MR) is 77.8 cm³/mol. The van der Waals surface area contributed by atoms with Crippen LogP contribution in [0.1, 0.15) is 12.5 Å². The van der Waals surface area contributed by atoms with Crippen molar-refractivity contribution in [2.45, 2.75) is 13.8 Å². The van der Waals surface area contributed by atoms with Gasteiger partial charge < -0.3 is 5.32 Å². The van der Waals surface area contributed by atoms with Gasteiger partial charge in [0.05, 0.1) is 0 Å². The molecule has 0 radical (unpaired) electrons. The summed E-state index contributed by atoms with van der Waals surface area (Å²) in [6, 6.07) is 5.67. The summed E-state index contributed by atoms with van der Waals surface area (Å²) in [7, 11) is 0. The number of nitrogens with one attached hydrogen (secondary N) is 1. The molecule has 18 heavy (non-hydrogen) atoms. The molecule has 0 aromatic heterocycles. The van der Waals surface area contributed by atoms with Crippen molar-refractivity contribution in [1.29, 1.82) is 0 Å². The lowest BCUT2D eigenvalue weighted by atomic mass is 10.2. The zero-order valence-electron chi connectivity index (χ0n) is 10.0. The van der Waals surface area contributed by atoms with Crippen molar-refractivity contribution in [2.75, 3.05) is 11.9 Å². The van der Waals surface area contributed by atoms with E-state index in [0.717, 1.165) is 21.4 Å². The molecule has 0 saturated carbocycles. The molecule has 0 unspecified atom stereocenters. The average Bonchev–Trinajstić information content (AvgIpc) is 2.26. The SMILES string of the molecule is CC(=O)CN=C1N=C(Nc2cccc(Cl)c2C)S1. The Kier molecular flexibility index (Phi) is 4.04. The molecule has 0 fully saturated rings. The average molecular weight is 282 g/mol. The van der Waals surface area contributed by atoms with Gasteiger partial charge in [0.1, 0.15) is 6.54 Å². The third-order valence-corrected chi connectivity index (χ3v) is 3.53. The van der Waals surface area contributed by atoms with Crippen molar-refractivity contribution < 1.29 is 4.79 Å². The standard InChI is InChI=1S/C12H12ClN3OS/c1-7(17)6-14-11-16-12(18-11)15-10-5-3-4-9(13)8(10)2/h3-5H,6H2,1-2H3,(H,14,15,16). The van der Waals surface area contributed by atoms with Crippen LogP contribution in [0, 0.1) is 6.92 Å². The predicted octanol–water partition coefficient (Wildman–Crippen LogP) is 3.11. The third-order valence-electron chi connectivity index (χ3n) is 2.33. The van der Waals surface area contributed by atoms with Gasteiger partial charge in [-0.3, -0.25) is 9.79 Å². The number of nitrogens with zero attached hydrogens (tertiary/aromatic N) is 2. The highest BCUT2D eigenvalue weighted by Gasteiger charge is 2.18. The molecule has 0 spiro atoms. The number of carbonyl (C=O) groups is 1. The number of thioether (sulfide) groups is 1. The second-order valence-electron chi connectivity index (χ2n) is 3.86. The Morgan fingerprint density at radius 3 is 2.94 bits per heavy atom. The van der Waals surface area contributed by atoms with Gasteiger partial charge in [0.25, 0.3) is 0 Å². The molecule has 0 atom stereocenters. The molecule has 1 aliphatic heterocycles. The van der Waals surface area contributed by atoms with E-state index in [1.54, 1.807) is 0 Å². The van der Waals surface area contributed by atoms with Gasteiger partial charge in [-0.25, -0.2) is 0 Å². The topological polar surface area (TPSA) is 53.8 Å². The van der Waals surface area contributed by atoms with Gasteiger partial charge in [-0.1, -0.05) is 17.7 Å². The van der Waals surface area contributed by atoms with Crippen LogP contribution in [0.2, 0.25) is 5.02 Å². The molecule has 1 heterocycles. The lowest BCUT2D eigenvalue weighted by molar-refractivity contribution is -0.115. The van der Waals surface area contributed by atoms with E-state index >= 15 is 0 Å².